The zero-order valence-corrected chi connectivity index (χ0v) is 11.4. The molecule has 0 radical (unpaired) electrons. The fourth-order valence-corrected chi connectivity index (χ4v) is 2.32. The van der Waals surface area contributed by atoms with Gasteiger partial charge in [-0.2, -0.15) is 5.26 Å². The number of nitrogens with zero attached hydrogens (tertiary/aromatic N) is 3. The van der Waals surface area contributed by atoms with Crippen LogP contribution in [0.1, 0.15) is 11.1 Å². The molecule has 1 aliphatic heterocycles. The van der Waals surface area contributed by atoms with Crippen LogP contribution in [0.15, 0.2) is 65.8 Å². The zero-order chi connectivity index (χ0) is 14.7. The van der Waals surface area contributed by atoms with Gasteiger partial charge in [-0.05, 0) is 24.3 Å². The van der Waals surface area contributed by atoms with E-state index in [1.54, 1.807) is 12.3 Å². The summed E-state index contributed by atoms with van der Waals surface area (Å²) < 4.78 is 0. The van der Waals surface area contributed by atoms with Gasteiger partial charge in [-0.3, -0.25) is 0 Å². The van der Waals surface area contributed by atoms with Crippen LogP contribution in [0.2, 0.25) is 0 Å². The van der Waals surface area contributed by atoms with Crippen molar-refractivity contribution in [2.45, 2.75) is 0 Å². The minimum absolute atomic E-state index is 0.534. The molecule has 0 saturated carbocycles. The molecule has 0 spiro atoms. The third-order valence-corrected chi connectivity index (χ3v) is 3.32. The van der Waals surface area contributed by atoms with Crippen molar-refractivity contribution >= 4 is 17.2 Å². The van der Waals surface area contributed by atoms with Crippen molar-refractivity contribution in [3.8, 4) is 6.07 Å². The van der Waals surface area contributed by atoms with Crippen LogP contribution in [-0.4, -0.2) is 12.4 Å². The molecule has 1 aliphatic rings. The molecule has 21 heavy (non-hydrogen) atoms. The van der Waals surface area contributed by atoms with Crippen LogP contribution >= 0.6 is 0 Å². The van der Waals surface area contributed by atoms with Gasteiger partial charge in [-0.15, -0.1) is 0 Å². The molecule has 4 nitrogen and oxygen atoms in total. The van der Waals surface area contributed by atoms with Crippen LogP contribution in [0, 0.1) is 11.3 Å². The lowest BCUT2D eigenvalue weighted by Gasteiger charge is -2.29. The maximum Gasteiger partial charge on any atom is 0.119 e. The highest BCUT2D eigenvalue weighted by Crippen LogP contribution is 2.28. The van der Waals surface area contributed by atoms with Crippen molar-refractivity contribution in [1.82, 2.24) is 0 Å². The molecule has 0 bridgehead atoms. The Morgan fingerprint density at radius 2 is 1.90 bits per heavy atom. The van der Waals surface area contributed by atoms with Crippen molar-refractivity contribution in [1.29, 1.82) is 5.26 Å². The Kier molecular flexibility index (Phi) is 3.40. The summed E-state index contributed by atoms with van der Waals surface area (Å²) in [6.07, 6.45) is 1.75. The van der Waals surface area contributed by atoms with E-state index in [1.807, 2.05) is 48.5 Å². The number of nitrogens with two attached hydrogens (primary N) is 1. The van der Waals surface area contributed by atoms with Crippen molar-refractivity contribution in [3.05, 3.63) is 71.9 Å². The van der Waals surface area contributed by atoms with E-state index in [-0.39, 0.29) is 0 Å². The molecule has 0 aromatic heterocycles. The molecule has 2 N–H and O–H groups in total. The molecule has 3 rings (SSSR count). The SMILES string of the molecule is N#Cc1cccc(C2=CN=C(N)CN2c2ccccc2)c1. The highest BCUT2D eigenvalue weighted by molar-refractivity contribution is 5.95. The highest BCUT2D eigenvalue weighted by Gasteiger charge is 2.18. The van der Waals surface area contributed by atoms with Crippen molar-refractivity contribution in [2.24, 2.45) is 10.7 Å². The van der Waals surface area contributed by atoms with E-state index in [0.717, 1.165) is 16.9 Å². The van der Waals surface area contributed by atoms with Gasteiger partial charge in [-0.25, -0.2) is 4.99 Å². The second kappa shape index (κ2) is 5.51. The average Bonchev–Trinajstić information content (AvgIpc) is 2.55. The lowest BCUT2D eigenvalue weighted by Crippen LogP contribution is -2.35. The summed E-state index contributed by atoms with van der Waals surface area (Å²) in [5.41, 5.74) is 9.43. The predicted molar refractivity (Wildman–Crippen MR) is 84.5 cm³/mol. The molecular formula is C17H14N4. The Hall–Kier alpha value is -3.06. The zero-order valence-electron chi connectivity index (χ0n) is 11.4. The Labute approximate surface area is 123 Å². The standard InChI is InChI=1S/C17H14N4/c18-10-13-5-4-6-14(9-13)16-11-20-17(19)12-21(16)15-7-2-1-3-8-15/h1-9,11H,12H2,(H2,19,20). The number of nitriles is 1. The predicted octanol–water partition coefficient (Wildman–Crippen LogP) is 2.73. The molecule has 102 valence electrons. The topological polar surface area (TPSA) is 65.4 Å². The van der Waals surface area contributed by atoms with E-state index >= 15 is 0 Å². The number of rotatable bonds is 2. The van der Waals surface area contributed by atoms with Gasteiger partial charge in [0.25, 0.3) is 0 Å². The first-order valence-electron chi connectivity index (χ1n) is 6.63. The van der Waals surface area contributed by atoms with Crippen LogP contribution in [0.3, 0.4) is 0 Å². The van der Waals surface area contributed by atoms with E-state index in [1.165, 1.54) is 0 Å². The van der Waals surface area contributed by atoms with Gasteiger partial charge < -0.3 is 10.6 Å². The fraction of sp³-hybridized carbons (Fsp3) is 0.0588. The van der Waals surface area contributed by atoms with Crippen molar-refractivity contribution in [2.75, 3.05) is 11.4 Å². The lowest BCUT2D eigenvalue weighted by molar-refractivity contribution is 1.09. The second-order valence-electron chi connectivity index (χ2n) is 4.75. The van der Waals surface area contributed by atoms with Crippen LogP contribution in [0.4, 0.5) is 5.69 Å². The first-order valence-corrected chi connectivity index (χ1v) is 6.63. The summed E-state index contributed by atoms with van der Waals surface area (Å²) in [5, 5.41) is 9.05. The molecule has 0 unspecified atom stereocenters. The number of hydrogen-bond acceptors (Lipinski definition) is 4. The Morgan fingerprint density at radius 3 is 2.67 bits per heavy atom. The van der Waals surface area contributed by atoms with Gasteiger partial charge in [0.05, 0.1) is 30.1 Å². The normalized spacial score (nSPS) is 14.1. The molecule has 2 aromatic rings. The number of benzene rings is 2. The van der Waals surface area contributed by atoms with Gasteiger partial charge in [0.2, 0.25) is 0 Å². The molecular weight excluding hydrogens is 260 g/mol. The van der Waals surface area contributed by atoms with Gasteiger partial charge in [-0.1, -0.05) is 30.3 Å². The second-order valence-corrected chi connectivity index (χ2v) is 4.75. The molecule has 0 amide bonds. The van der Waals surface area contributed by atoms with Crippen LogP contribution in [0.25, 0.3) is 5.70 Å². The smallest absolute Gasteiger partial charge is 0.119 e. The quantitative estimate of drug-likeness (QED) is 0.915. The van der Waals surface area contributed by atoms with Gasteiger partial charge >= 0.3 is 0 Å². The third kappa shape index (κ3) is 2.63. The molecule has 0 saturated heterocycles. The van der Waals surface area contributed by atoms with E-state index in [2.05, 4.69) is 16.0 Å². The fourth-order valence-electron chi connectivity index (χ4n) is 2.32. The Morgan fingerprint density at radius 1 is 1.10 bits per heavy atom. The van der Waals surface area contributed by atoms with E-state index in [4.69, 9.17) is 11.0 Å². The van der Waals surface area contributed by atoms with Gasteiger partial charge in [0.1, 0.15) is 5.84 Å². The monoisotopic (exact) mass is 274 g/mol. The largest absolute Gasteiger partial charge is 0.386 e. The molecule has 0 aliphatic carbocycles. The maximum atomic E-state index is 9.05. The van der Waals surface area contributed by atoms with Gasteiger partial charge in [0, 0.05) is 11.3 Å². The first-order chi connectivity index (χ1) is 10.3. The summed E-state index contributed by atoms with van der Waals surface area (Å²) in [5.74, 6) is 0.569. The summed E-state index contributed by atoms with van der Waals surface area (Å²) in [7, 11) is 0. The summed E-state index contributed by atoms with van der Waals surface area (Å²) in [6, 6.07) is 19.7. The number of hydrogen-bond donors (Lipinski definition) is 1. The van der Waals surface area contributed by atoms with Crippen LogP contribution in [-0.2, 0) is 0 Å². The Balaban J connectivity index is 2.06. The van der Waals surface area contributed by atoms with E-state index < -0.39 is 0 Å². The van der Waals surface area contributed by atoms with Crippen LogP contribution < -0.4 is 10.6 Å². The molecule has 1 heterocycles. The minimum Gasteiger partial charge on any atom is -0.386 e. The minimum atomic E-state index is 0.534. The molecule has 0 atom stereocenters. The van der Waals surface area contributed by atoms with Crippen LogP contribution in [0.5, 0.6) is 0 Å². The third-order valence-electron chi connectivity index (χ3n) is 3.32. The summed E-state index contributed by atoms with van der Waals surface area (Å²) >= 11 is 0. The summed E-state index contributed by atoms with van der Waals surface area (Å²) in [6.45, 7) is 0.534. The highest BCUT2D eigenvalue weighted by atomic mass is 15.2. The van der Waals surface area contributed by atoms with Gasteiger partial charge in [0.15, 0.2) is 0 Å². The summed E-state index contributed by atoms with van der Waals surface area (Å²) in [4.78, 5) is 6.32. The number of anilines is 1. The Bertz CT molecular complexity index is 754. The lowest BCUT2D eigenvalue weighted by atomic mass is 10.1. The number of amidine groups is 1. The molecule has 2 aromatic carbocycles. The average molecular weight is 274 g/mol. The maximum absolute atomic E-state index is 9.05. The van der Waals surface area contributed by atoms with E-state index in [0.29, 0.717) is 17.9 Å². The van der Waals surface area contributed by atoms with E-state index in [9.17, 15) is 0 Å². The number of para-hydroxylation sites is 1. The number of aliphatic imine (C=N–C) groups is 1. The molecule has 4 heteroatoms. The van der Waals surface area contributed by atoms with Crippen molar-refractivity contribution < 1.29 is 0 Å². The van der Waals surface area contributed by atoms with Crippen molar-refractivity contribution in [3.63, 3.8) is 0 Å². The first kappa shape index (κ1) is 12.9. The molecule has 0 fully saturated rings.